The van der Waals surface area contributed by atoms with E-state index < -0.39 is 12.1 Å². The monoisotopic (exact) mass is 187 g/mol. The van der Waals surface area contributed by atoms with Crippen LogP contribution in [-0.2, 0) is 4.74 Å². The minimum absolute atomic E-state index is 0.394. The van der Waals surface area contributed by atoms with Gasteiger partial charge in [-0.1, -0.05) is 6.07 Å². The summed E-state index contributed by atoms with van der Waals surface area (Å²) in [6.07, 6.45) is -0.725. The summed E-state index contributed by atoms with van der Waals surface area (Å²) in [6.45, 7) is 3.88. The molecule has 1 atom stereocenters. The Balaban J connectivity index is 2.65. The van der Waals surface area contributed by atoms with Gasteiger partial charge in [-0.3, -0.25) is 0 Å². The standard InChI is InChI=1S/C11H9NO2/c1-6-3-8-9(4-7(6)2)11(13)14-10(8)5-12/h3-4,10H,1-2H3. The smallest absolute Gasteiger partial charge is 0.340 e. The third kappa shape index (κ3) is 1.08. The van der Waals surface area contributed by atoms with Gasteiger partial charge in [0.1, 0.15) is 6.07 Å². The van der Waals surface area contributed by atoms with Crippen molar-refractivity contribution in [1.29, 1.82) is 5.26 Å². The Hall–Kier alpha value is -1.82. The van der Waals surface area contributed by atoms with Crippen LogP contribution in [0.2, 0.25) is 0 Å². The highest BCUT2D eigenvalue weighted by molar-refractivity contribution is 5.94. The van der Waals surface area contributed by atoms with Gasteiger partial charge in [0.25, 0.3) is 0 Å². The number of fused-ring (bicyclic) bond motifs is 1. The molecule has 1 aromatic rings. The average Bonchev–Trinajstić information content (AvgIpc) is 2.45. The molecule has 1 aliphatic heterocycles. The number of nitriles is 1. The summed E-state index contributed by atoms with van der Waals surface area (Å²) in [5, 5.41) is 8.76. The fourth-order valence-electron chi connectivity index (χ4n) is 1.56. The Labute approximate surface area is 81.9 Å². The first-order chi connectivity index (χ1) is 6.63. The molecule has 0 amide bonds. The minimum Gasteiger partial charge on any atom is -0.438 e. The second-order valence-electron chi connectivity index (χ2n) is 3.44. The van der Waals surface area contributed by atoms with E-state index in [0.29, 0.717) is 11.1 Å². The van der Waals surface area contributed by atoms with E-state index in [0.717, 1.165) is 11.1 Å². The van der Waals surface area contributed by atoms with Crippen LogP contribution in [0.15, 0.2) is 12.1 Å². The lowest BCUT2D eigenvalue weighted by atomic mass is 9.99. The highest BCUT2D eigenvalue weighted by Gasteiger charge is 2.31. The van der Waals surface area contributed by atoms with Crippen molar-refractivity contribution in [1.82, 2.24) is 0 Å². The van der Waals surface area contributed by atoms with Crippen LogP contribution in [0, 0.1) is 25.2 Å². The van der Waals surface area contributed by atoms with Gasteiger partial charge in [-0.2, -0.15) is 5.26 Å². The molecule has 0 bridgehead atoms. The van der Waals surface area contributed by atoms with E-state index in [1.54, 1.807) is 6.07 Å². The van der Waals surface area contributed by atoms with Crippen molar-refractivity contribution >= 4 is 5.97 Å². The van der Waals surface area contributed by atoms with Crippen LogP contribution in [0.1, 0.15) is 33.2 Å². The van der Waals surface area contributed by atoms with E-state index in [1.807, 2.05) is 26.0 Å². The molecule has 0 fully saturated rings. The zero-order valence-electron chi connectivity index (χ0n) is 8.00. The lowest BCUT2D eigenvalue weighted by molar-refractivity contribution is 0.0478. The second kappa shape index (κ2) is 2.85. The molecular formula is C11H9NO2. The van der Waals surface area contributed by atoms with Gasteiger partial charge in [-0.05, 0) is 31.0 Å². The number of nitrogens with zero attached hydrogens (tertiary/aromatic N) is 1. The molecule has 0 saturated carbocycles. The van der Waals surface area contributed by atoms with E-state index in [1.165, 1.54) is 0 Å². The van der Waals surface area contributed by atoms with Crippen molar-refractivity contribution < 1.29 is 9.53 Å². The molecular weight excluding hydrogens is 178 g/mol. The summed E-state index contributed by atoms with van der Waals surface area (Å²) < 4.78 is 4.89. The Morgan fingerprint density at radius 3 is 2.64 bits per heavy atom. The van der Waals surface area contributed by atoms with Crippen LogP contribution in [0.5, 0.6) is 0 Å². The van der Waals surface area contributed by atoms with Crippen LogP contribution in [-0.4, -0.2) is 5.97 Å². The fourth-order valence-corrected chi connectivity index (χ4v) is 1.56. The molecule has 1 aliphatic rings. The van der Waals surface area contributed by atoms with Crippen molar-refractivity contribution in [3.05, 3.63) is 34.4 Å². The van der Waals surface area contributed by atoms with E-state index in [4.69, 9.17) is 10.00 Å². The molecule has 14 heavy (non-hydrogen) atoms. The molecule has 0 radical (unpaired) electrons. The largest absolute Gasteiger partial charge is 0.438 e. The number of rotatable bonds is 0. The predicted molar refractivity (Wildman–Crippen MR) is 49.7 cm³/mol. The summed E-state index contributed by atoms with van der Waals surface area (Å²) >= 11 is 0. The van der Waals surface area contributed by atoms with Crippen molar-refractivity contribution in [2.75, 3.05) is 0 Å². The third-order valence-electron chi connectivity index (χ3n) is 2.51. The number of aryl methyl sites for hydroxylation is 2. The molecule has 0 N–H and O–H groups in total. The van der Waals surface area contributed by atoms with Crippen LogP contribution in [0.25, 0.3) is 0 Å². The zero-order chi connectivity index (χ0) is 10.3. The first-order valence-corrected chi connectivity index (χ1v) is 4.35. The lowest BCUT2D eigenvalue weighted by Crippen LogP contribution is -1.95. The summed E-state index contributed by atoms with van der Waals surface area (Å²) in [4.78, 5) is 11.3. The third-order valence-corrected chi connectivity index (χ3v) is 2.51. The molecule has 70 valence electrons. The maximum absolute atomic E-state index is 11.3. The van der Waals surface area contributed by atoms with Crippen LogP contribution in [0.4, 0.5) is 0 Å². The molecule has 0 aromatic heterocycles. The van der Waals surface area contributed by atoms with Crippen molar-refractivity contribution in [3.8, 4) is 6.07 Å². The fraction of sp³-hybridized carbons (Fsp3) is 0.273. The molecule has 3 nitrogen and oxygen atoms in total. The van der Waals surface area contributed by atoms with E-state index in [2.05, 4.69) is 0 Å². The number of benzene rings is 1. The predicted octanol–water partition coefficient (Wildman–Crippen LogP) is 2.04. The number of ether oxygens (including phenoxy) is 1. The SMILES string of the molecule is Cc1cc2c(cc1C)C(C#N)OC2=O. The Bertz CT molecular complexity index is 457. The molecule has 0 aliphatic carbocycles. The second-order valence-corrected chi connectivity index (χ2v) is 3.44. The molecule has 1 heterocycles. The number of cyclic esters (lactones) is 1. The molecule has 2 rings (SSSR count). The summed E-state index contributed by atoms with van der Waals surface area (Å²) in [7, 11) is 0. The average molecular weight is 187 g/mol. The molecule has 1 aromatic carbocycles. The number of carbonyl (C=O) groups is 1. The van der Waals surface area contributed by atoms with Gasteiger partial charge in [-0.15, -0.1) is 0 Å². The van der Waals surface area contributed by atoms with Gasteiger partial charge >= 0.3 is 5.97 Å². The zero-order valence-corrected chi connectivity index (χ0v) is 8.00. The van der Waals surface area contributed by atoms with Gasteiger partial charge in [0.05, 0.1) is 5.56 Å². The molecule has 0 saturated heterocycles. The van der Waals surface area contributed by atoms with Crippen molar-refractivity contribution in [3.63, 3.8) is 0 Å². The quantitative estimate of drug-likeness (QED) is 0.584. The Morgan fingerprint density at radius 1 is 1.36 bits per heavy atom. The summed E-state index contributed by atoms with van der Waals surface area (Å²) in [6, 6.07) is 5.59. The van der Waals surface area contributed by atoms with Gasteiger partial charge in [0.2, 0.25) is 6.10 Å². The summed E-state index contributed by atoms with van der Waals surface area (Å²) in [5.74, 6) is -0.394. The highest BCUT2D eigenvalue weighted by Crippen LogP contribution is 2.31. The molecule has 0 spiro atoms. The normalized spacial score (nSPS) is 18.6. The van der Waals surface area contributed by atoms with E-state index in [-0.39, 0.29) is 0 Å². The van der Waals surface area contributed by atoms with E-state index in [9.17, 15) is 4.79 Å². The minimum atomic E-state index is -0.725. The first-order valence-electron chi connectivity index (χ1n) is 4.35. The van der Waals surface area contributed by atoms with Crippen LogP contribution in [0.3, 0.4) is 0 Å². The number of esters is 1. The van der Waals surface area contributed by atoms with Crippen LogP contribution >= 0.6 is 0 Å². The van der Waals surface area contributed by atoms with Gasteiger partial charge < -0.3 is 4.74 Å². The van der Waals surface area contributed by atoms with Crippen LogP contribution < -0.4 is 0 Å². The lowest BCUT2D eigenvalue weighted by Gasteiger charge is -2.03. The van der Waals surface area contributed by atoms with Gasteiger partial charge in [0.15, 0.2) is 0 Å². The van der Waals surface area contributed by atoms with Crippen molar-refractivity contribution in [2.45, 2.75) is 20.0 Å². The van der Waals surface area contributed by atoms with Crippen molar-refractivity contribution in [2.24, 2.45) is 0 Å². The van der Waals surface area contributed by atoms with Gasteiger partial charge in [0, 0.05) is 5.56 Å². The molecule has 1 unspecified atom stereocenters. The number of carbonyl (C=O) groups excluding carboxylic acids is 1. The maximum Gasteiger partial charge on any atom is 0.340 e. The molecule has 3 heteroatoms. The maximum atomic E-state index is 11.3. The Kier molecular flexibility index (Phi) is 1.78. The summed E-state index contributed by atoms with van der Waals surface area (Å²) in [5.41, 5.74) is 3.34. The number of hydrogen-bond donors (Lipinski definition) is 0. The van der Waals surface area contributed by atoms with E-state index >= 15 is 0 Å². The number of hydrogen-bond acceptors (Lipinski definition) is 3. The topological polar surface area (TPSA) is 50.1 Å². The first kappa shape index (κ1) is 8.76. The van der Waals surface area contributed by atoms with Gasteiger partial charge in [-0.25, -0.2) is 4.79 Å². The highest BCUT2D eigenvalue weighted by atomic mass is 16.5. The Morgan fingerprint density at radius 2 is 2.00 bits per heavy atom.